The number of carboxylic acids is 1. The summed E-state index contributed by atoms with van der Waals surface area (Å²) in [6, 6.07) is 0.0139. The van der Waals surface area contributed by atoms with E-state index in [4.69, 9.17) is 5.11 Å². The smallest absolute Gasteiger partial charge is 0.308 e. The van der Waals surface area contributed by atoms with E-state index in [0.29, 0.717) is 0 Å². The maximum absolute atomic E-state index is 10.9. The Bertz CT molecular complexity index is 282. The molecule has 0 saturated carbocycles. The maximum Gasteiger partial charge on any atom is 0.308 e. The summed E-state index contributed by atoms with van der Waals surface area (Å²) in [6.45, 7) is 3.79. The predicted octanol–water partition coefficient (Wildman–Crippen LogP) is 1.95. The molecule has 2 atom stereocenters. The van der Waals surface area contributed by atoms with Crippen LogP contribution in [0.1, 0.15) is 32.7 Å². The zero-order chi connectivity index (χ0) is 10.6. The van der Waals surface area contributed by atoms with Crippen LogP contribution in [-0.2, 0) is 4.79 Å². The van der Waals surface area contributed by atoms with Crippen molar-refractivity contribution in [2.24, 2.45) is 5.92 Å². The van der Waals surface area contributed by atoms with Crippen LogP contribution in [0, 0.1) is 5.92 Å². The fraction of sp³-hybridized carbons (Fsp3) is 0.600. The van der Waals surface area contributed by atoms with Crippen molar-refractivity contribution < 1.29 is 9.90 Å². The van der Waals surface area contributed by atoms with Crippen LogP contribution in [0.3, 0.4) is 0 Å². The molecule has 14 heavy (non-hydrogen) atoms. The van der Waals surface area contributed by atoms with E-state index >= 15 is 0 Å². The van der Waals surface area contributed by atoms with Crippen LogP contribution < -0.4 is 0 Å². The van der Waals surface area contributed by atoms with E-state index in [1.165, 1.54) is 0 Å². The molecule has 2 unspecified atom stereocenters. The van der Waals surface area contributed by atoms with Crippen LogP contribution in [0.15, 0.2) is 18.7 Å². The molecule has 0 amide bonds. The lowest BCUT2D eigenvalue weighted by atomic mass is 9.98. The van der Waals surface area contributed by atoms with Crippen molar-refractivity contribution in [3.8, 4) is 0 Å². The third kappa shape index (κ3) is 2.34. The van der Waals surface area contributed by atoms with E-state index in [9.17, 15) is 4.79 Å². The van der Waals surface area contributed by atoms with Crippen LogP contribution in [0.25, 0.3) is 0 Å². The molecule has 1 heterocycles. The Morgan fingerprint density at radius 3 is 2.79 bits per heavy atom. The molecule has 78 valence electrons. The van der Waals surface area contributed by atoms with Gasteiger partial charge in [-0.1, -0.05) is 13.3 Å². The van der Waals surface area contributed by atoms with Crippen molar-refractivity contribution in [3.05, 3.63) is 18.7 Å². The summed E-state index contributed by atoms with van der Waals surface area (Å²) in [5.41, 5.74) is 0. The minimum Gasteiger partial charge on any atom is -0.481 e. The molecule has 4 nitrogen and oxygen atoms in total. The Morgan fingerprint density at radius 2 is 2.36 bits per heavy atom. The van der Waals surface area contributed by atoms with E-state index in [1.54, 1.807) is 19.4 Å². The SMILES string of the molecule is CCCC(C(C)C(=O)O)n1ccnc1. The second kappa shape index (κ2) is 4.79. The lowest BCUT2D eigenvalue weighted by Crippen LogP contribution is -2.23. The maximum atomic E-state index is 10.9. The minimum absolute atomic E-state index is 0.0139. The van der Waals surface area contributed by atoms with Crippen molar-refractivity contribution in [1.29, 1.82) is 0 Å². The lowest BCUT2D eigenvalue weighted by molar-refractivity contribution is -0.142. The number of carbonyl (C=O) groups is 1. The van der Waals surface area contributed by atoms with Gasteiger partial charge in [-0.2, -0.15) is 0 Å². The number of aromatic nitrogens is 2. The largest absolute Gasteiger partial charge is 0.481 e. The quantitative estimate of drug-likeness (QED) is 0.783. The fourth-order valence-electron chi connectivity index (χ4n) is 1.58. The van der Waals surface area contributed by atoms with Gasteiger partial charge in [-0.25, -0.2) is 4.98 Å². The summed E-state index contributed by atoms with van der Waals surface area (Å²) in [4.78, 5) is 14.8. The molecule has 0 bridgehead atoms. The van der Waals surface area contributed by atoms with E-state index < -0.39 is 5.97 Å². The van der Waals surface area contributed by atoms with Gasteiger partial charge in [0.1, 0.15) is 0 Å². The van der Waals surface area contributed by atoms with Gasteiger partial charge in [0.25, 0.3) is 0 Å². The molecule has 0 radical (unpaired) electrons. The molecular formula is C10H16N2O2. The first-order valence-electron chi connectivity index (χ1n) is 4.87. The zero-order valence-electron chi connectivity index (χ0n) is 8.55. The number of carboxylic acid groups (broad SMARTS) is 1. The van der Waals surface area contributed by atoms with Crippen molar-refractivity contribution in [1.82, 2.24) is 9.55 Å². The second-order valence-electron chi connectivity index (χ2n) is 3.49. The number of nitrogens with zero attached hydrogens (tertiary/aromatic N) is 2. The van der Waals surface area contributed by atoms with Crippen molar-refractivity contribution in [2.45, 2.75) is 32.7 Å². The van der Waals surface area contributed by atoms with Crippen LogP contribution in [-0.4, -0.2) is 20.6 Å². The Balaban J connectivity index is 2.79. The third-order valence-electron chi connectivity index (χ3n) is 2.46. The predicted molar refractivity (Wildman–Crippen MR) is 53.0 cm³/mol. The van der Waals surface area contributed by atoms with Crippen molar-refractivity contribution in [2.75, 3.05) is 0 Å². The van der Waals surface area contributed by atoms with Crippen molar-refractivity contribution in [3.63, 3.8) is 0 Å². The number of hydrogen-bond donors (Lipinski definition) is 1. The van der Waals surface area contributed by atoms with Crippen LogP contribution in [0.2, 0.25) is 0 Å². The van der Waals surface area contributed by atoms with Crippen LogP contribution in [0.4, 0.5) is 0 Å². The van der Waals surface area contributed by atoms with Gasteiger partial charge >= 0.3 is 5.97 Å². The summed E-state index contributed by atoms with van der Waals surface area (Å²) in [5, 5.41) is 8.94. The van der Waals surface area contributed by atoms with Crippen LogP contribution >= 0.6 is 0 Å². The number of aliphatic carboxylic acids is 1. The molecular weight excluding hydrogens is 180 g/mol. The standard InChI is InChI=1S/C10H16N2O2/c1-3-4-9(8(2)10(13)14)12-6-5-11-7-12/h5-9H,3-4H2,1-2H3,(H,13,14). The Labute approximate surface area is 83.6 Å². The molecule has 0 aromatic carbocycles. The Hall–Kier alpha value is -1.32. The topological polar surface area (TPSA) is 55.1 Å². The molecule has 0 saturated heterocycles. The van der Waals surface area contributed by atoms with E-state index in [1.807, 2.05) is 10.8 Å². The molecule has 0 aliphatic carbocycles. The van der Waals surface area contributed by atoms with Gasteiger partial charge in [-0.3, -0.25) is 4.79 Å². The highest BCUT2D eigenvalue weighted by Gasteiger charge is 2.23. The van der Waals surface area contributed by atoms with Gasteiger partial charge in [0.05, 0.1) is 12.2 Å². The first kappa shape index (κ1) is 10.8. The molecule has 0 fully saturated rings. The first-order valence-corrected chi connectivity index (χ1v) is 4.87. The van der Waals surface area contributed by atoms with Gasteiger partial charge in [-0.15, -0.1) is 0 Å². The molecule has 1 rings (SSSR count). The van der Waals surface area contributed by atoms with Crippen LogP contribution in [0.5, 0.6) is 0 Å². The zero-order valence-corrected chi connectivity index (χ0v) is 8.55. The first-order chi connectivity index (χ1) is 6.66. The molecule has 4 heteroatoms. The summed E-state index contributed by atoms with van der Waals surface area (Å²) >= 11 is 0. The summed E-state index contributed by atoms with van der Waals surface area (Å²) < 4.78 is 1.88. The monoisotopic (exact) mass is 196 g/mol. The van der Waals surface area contributed by atoms with Gasteiger partial charge in [0, 0.05) is 18.4 Å². The van der Waals surface area contributed by atoms with Crippen molar-refractivity contribution >= 4 is 5.97 Å². The van der Waals surface area contributed by atoms with Gasteiger partial charge < -0.3 is 9.67 Å². The molecule has 0 aliphatic heterocycles. The molecule has 1 N–H and O–H groups in total. The summed E-state index contributed by atoms with van der Waals surface area (Å²) in [6.07, 6.45) is 7.01. The normalized spacial score (nSPS) is 15.0. The highest BCUT2D eigenvalue weighted by molar-refractivity contribution is 5.70. The molecule has 0 spiro atoms. The van der Waals surface area contributed by atoms with E-state index in [-0.39, 0.29) is 12.0 Å². The van der Waals surface area contributed by atoms with E-state index in [0.717, 1.165) is 12.8 Å². The van der Waals surface area contributed by atoms with Gasteiger partial charge in [0.15, 0.2) is 0 Å². The Kier molecular flexibility index (Phi) is 3.68. The molecule has 0 aliphatic rings. The highest BCUT2D eigenvalue weighted by atomic mass is 16.4. The third-order valence-corrected chi connectivity index (χ3v) is 2.46. The molecule has 1 aromatic rings. The minimum atomic E-state index is -0.753. The Morgan fingerprint density at radius 1 is 1.64 bits per heavy atom. The molecule has 1 aromatic heterocycles. The fourth-order valence-corrected chi connectivity index (χ4v) is 1.58. The highest BCUT2D eigenvalue weighted by Crippen LogP contribution is 2.23. The summed E-state index contributed by atoms with van der Waals surface area (Å²) in [7, 11) is 0. The van der Waals surface area contributed by atoms with Gasteiger partial charge in [-0.05, 0) is 13.3 Å². The van der Waals surface area contributed by atoms with E-state index in [2.05, 4.69) is 11.9 Å². The number of hydrogen-bond acceptors (Lipinski definition) is 2. The van der Waals surface area contributed by atoms with Gasteiger partial charge in [0.2, 0.25) is 0 Å². The number of imidazole rings is 1. The lowest BCUT2D eigenvalue weighted by Gasteiger charge is -2.21. The second-order valence-corrected chi connectivity index (χ2v) is 3.49. The number of rotatable bonds is 5. The summed E-state index contributed by atoms with van der Waals surface area (Å²) in [5.74, 6) is -1.12. The average Bonchev–Trinajstić information content (AvgIpc) is 2.65. The average molecular weight is 196 g/mol.